The first-order chi connectivity index (χ1) is 7.36. The molecule has 15 heavy (non-hydrogen) atoms. The van der Waals surface area contributed by atoms with E-state index in [-0.39, 0.29) is 12.3 Å². The first kappa shape index (κ1) is 10.0. The Bertz CT molecular complexity index is 324. The molecule has 80 valence electrons. The third kappa shape index (κ3) is 2.71. The predicted molar refractivity (Wildman–Crippen MR) is 48.0 cm³/mol. The van der Waals surface area contributed by atoms with Crippen LogP contribution < -0.4 is 0 Å². The number of carbonyl (C=O) groups excluding carboxylic acids is 1. The highest BCUT2D eigenvalue weighted by Gasteiger charge is 2.20. The van der Waals surface area contributed by atoms with Crippen LogP contribution in [0.5, 0.6) is 0 Å². The summed E-state index contributed by atoms with van der Waals surface area (Å²) < 4.78 is 15.2. The fraction of sp³-hybridized carbons (Fsp3) is 0.444. The highest BCUT2D eigenvalue weighted by Crippen LogP contribution is 2.05. The molecule has 6 nitrogen and oxygen atoms in total. The predicted octanol–water partition coefficient (Wildman–Crippen LogP) is 0.00630. The van der Waals surface area contributed by atoms with E-state index in [1.807, 2.05) is 0 Å². The van der Waals surface area contributed by atoms with Crippen LogP contribution in [0, 0.1) is 0 Å². The zero-order valence-electron chi connectivity index (χ0n) is 7.96. The van der Waals surface area contributed by atoms with Crippen molar-refractivity contribution >= 4 is 5.97 Å². The van der Waals surface area contributed by atoms with E-state index >= 15 is 0 Å². The van der Waals surface area contributed by atoms with E-state index in [0.717, 1.165) is 0 Å². The van der Waals surface area contributed by atoms with Crippen LogP contribution >= 0.6 is 0 Å². The molecule has 2 heterocycles. The quantitative estimate of drug-likeness (QED) is 0.640. The van der Waals surface area contributed by atoms with E-state index in [1.165, 1.54) is 18.6 Å². The van der Waals surface area contributed by atoms with Crippen molar-refractivity contribution in [2.45, 2.75) is 6.29 Å². The van der Waals surface area contributed by atoms with Gasteiger partial charge in [-0.3, -0.25) is 0 Å². The SMILES string of the molecule is O=C(OC1COCCO1)c1ccncn1. The van der Waals surface area contributed by atoms with Crippen molar-refractivity contribution in [1.82, 2.24) is 9.97 Å². The highest BCUT2D eigenvalue weighted by molar-refractivity contribution is 5.87. The second kappa shape index (κ2) is 4.81. The number of carbonyl (C=O) groups is 1. The smallest absolute Gasteiger partial charge is 0.359 e. The van der Waals surface area contributed by atoms with E-state index in [4.69, 9.17) is 14.2 Å². The van der Waals surface area contributed by atoms with Crippen LogP contribution in [0.25, 0.3) is 0 Å². The molecule has 0 radical (unpaired) electrons. The zero-order chi connectivity index (χ0) is 10.5. The first-order valence-electron chi connectivity index (χ1n) is 4.52. The number of hydrogen-bond donors (Lipinski definition) is 0. The van der Waals surface area contributed by atoms with Gasteiger partial charge in [0.15, 0.2) is 5.69 Å². The van der Waals surface area contributed by atoms with Crippen LogP contribution in [0.1, 0.15) is 10.5 Å². The molecule has 6 heteroatoms. The zero-order valence-corrected chi connectivity index (χ0v) is 7.96. The first-order valence-corrected chi connectivity index (χ1v) is 4.52. The molecule has 1 aliphatic heterocycles. The van der Waals surface area contributed by atoms with Crippen molar-refractivity contribution in [2.24, 2.45) is 0 Å². The van der Waals surface area contributed by atoms with Crippen LogP contribution in [0.4, 0.5) is 0 Å². The lowest BCUT2D eigenvalue weighted by atomic mass is 10.4. The average Bonchev–Trinajstić information content (AvgIpc) is 2.31. The molecule has 1 unspecified atom stereocenters. The van der Waals surface area contributed by atoms with E-state index in [1.54, 1.807) is 0 Å². The molecule has 1 saturated heterocycles. The van der Waals surface area contributed by atoms with Gasteiger partial charge in [0.25, 0.3) is 0 Å². The molecule has 1 atom stereocenters. The van der Waals surface area contributed by atoms with Gasteiger partial charge in [-0.2, -0.15) is 0 Å². The van der Waals surface area contributed by atoms with Gasteiger partial charge < -0.3 is 14.2 Å². The van der Waals surface area contributed by atoms with Crippen LogP contribution in [0.15, 0.2) is 18.6 Å². The number of esters is 1. The molecule has 1 aromatic heterocycles. The van der Waals surface area contributed by atoms with Crippen LogP contribution in [-0.4, -0.2) is 42.0 Å². The third-order valence-corrected chi connectivity index (χ3v) is 1.81. The summed E-state index contributed by atoms with van der Waals surface area (Å²) in [7, 11) is 0. The van der Waals surface area contributed by atoms with Crippen LogP contribution in [0.3, 0.4) is 0 Å². The summed E-state index contributed by atoms with van der Waals surface area (Å²) in [6.07, 6.45) is 2.12. The maximum atomic E-state index is 11.5. The van der Waals surface area contributed by atoms with Crippen LogP contribution in [0.2, 0.25) is 0 Å². The van der Waals surface area contributed by atoms with Crippen molar-refractivity contribution < 1.29 is 19.0 Å². The number of nitrogens with zero attached hydrogens (tertiary/aromatic N) is 2. The Morgan fingerprint density at radius 1 is 1.53 bits per heavy atom. The van der Waals surface area contributed by atoms with Gasteiger partial charge in [0.1, 0.15) is 12.9 Å². The van der Waals surface area contributed by atoms with Crippen molar-refractivity contribution in [1.29, 1.82) is 0 Å². The lowest BCUT2D eigenvalue weighted by Gasteiger charge is -2.22. The molecule has 0 saturated carbocycles. The highest BCUT2D eigenvalue weighted by atomic mass is 16.7. The van der Waals surface area contributed by atoms with E-state index < -0.39 is 12.3 Å². The Balaban J connectivity index is 1.91. The molecule has 0 N–H and O–H groups in total. The number of aromatic nitrogens is 2. The summed E-state index contributed by atoms with van der Waals surface area (Å²) in [5.74, 6) is -0.534. The number of hydrogen-bond acceptors (Lipinski definition) is 6. The fourth-order valence-corrected chi connectivity index (χ4v) is 1.13. The molecule has 0 aliphatic carbocycles. The normalized spacial score (nSPS) is 20.9. The summed E-state index contributed by atoms with van der Waals surface area (Å²) in [5, 5.41) is 0. The Hall–Kier alpha value is -1.53. The number of rotatable bonds is 2. The molecule has 1 aromatic rings. The van der Waals surface area contributed by atoms with Gasteiger partial charge in [-0.25, -0.2) is 14.8 Å². The topological polar surface area (TPSA) is 70.5 Å². The van der Waals surface area contributed by atoms with E-state index in [0.29, 0.717) is 13.2 Å². The van der Waals surface area contributed by atoms with Gasteiger partial charge >= 0.3 is 5.97 Å². The molecule has 1 aliphatic rings. The minimum Gasteiger partial charge on any atom is -0.428 e. The largest absolute Gasteiger partial charge is 0.428 e. The second-order valence-corrected chi connectivity index (χ2v) is 2.88. The van der Waals surface area contributed by atoms with Gasteiger partial charge in [0.05, 0.1) is 13.2 Å². The minimum atomic E-state index is -0.638. The Morgan fingerprint density at radius 3 is 3.13 bits per heavy atom. The van der Waals surface area contributed by atoms with Crippen LogP contribution in [-0.2, 0) is 14.2 Å². The van der Waals surface area contributed by atoms with Gasteiger partial charge in [-0.1, -0.05) is 0 Å². The average molecular weight is 210 g/mol. The summed E-state index contributed by atoms with van der Waals surface area (Å²) >= 11 is 0. The summed E-state index contributed by atoms with van der Waals surface area (Å²) in [4.78, 5) is 18.9. The molecule has 2 rings (SSSR count). The van der Waals surface area contributed by atoms with Gasteiger partial charge in [-0.15, -0.1) is 0 Å². The van der Waals surface area contributed by atoms with Crippen molar-refractivity contribution in [3.05, 3.63) is 24.3 Å². The van der Waals surface area contributed by atoms with Crippen molar-refractivity contribution in [2.75, 3.05) is 19.8 Å². The molecule has 0 bridgehead atoms. The maximum absolute atomic E-state index is 11.5. The Kier molecular flexibility index (Phi) is 3.21. The molecule has 0 amide bonds. The molecular formula is C9H10N2O4. The van der Waals surface area contributed by atoms with Gasteiger partial charge in [0, 0.05) is 6.20 Å². The molecule has 0 spiro atoms. The molecule has 0 aromatic carbocycles. The summed E-state index contributed by atoms with van der Waals surface area (Å²) in [5.41, 5.74) is 0.208. The van der Waals surface area contributed by atoms with Gasteiger partial charge in [0.2, 0.25) is 6.29 Å². The maximum Gasteiger partial charge on any atom is 0.359 e. The Labute approximate surface area is 86.2 Å². The monoisotopic (exact) mass is 210 g/mol. The minimum absolute atomic E-state index is 0.208. The molecular weight excluding hydrogens is 200 g/mol. The van der Waals surface area contributed by atoms with E-state index in [2.05, 4.69) is 9.97 Å². The Morgan fingerprint density at radius 2 is 2.47 bits per heavy atom. The molecule has 1 fully saturated rings. The van der Waals surface area contributed by atoms with Gasteiger partial charge in [-0.05, 0) is 6.07 Å². The van der Waals surface area contributed by atoms with E-state index in [9.17, 15) is 4.79 Å². The third-order valence-electron chi connectivity index (χ3n) is 1.81. The summed E-state index contributed by atoms with van der Waals surface area (Å²) in [6, 6.07) is 1.48. The standard InChI is InChI=1S/C9H10N2O4/c12-9(7-1-2-10-6-11-7)15-8-5-13-3-4-14-8/h1-2,6,8H,3-5H2. The summed E-state index contributed by atoms with van der Waals surface area (Å²) in [6.45, 7) is 1.22. The second-order valence-electron chi connectivity index (χ2n) is 2.88. The van der Waals surface area contributed by atoms with Crippen molar-refractivity contribution in [3.63, 3.8) is 0 Å². The van der Waals surface area contributed by atoms with Crippen molar-refractivity contribution in [3.8, 4) is 0 Å². The number of ether oxygens (including phenoxy) is 3. The lowest BCUT2D eigenvalue weighted by molar-refractivity contribution is -0.186. The lowest BCUT2D eigenvalue weighted by Crippen LogP contribution is -2.33. The fourth-order valence-electron chi connectivity index (χ4n) is 1.13.